The third-order valence-electron chi connectivity index (χ3n) is 3.61. The van der Waals surface area contributed by atoms with Crippen LogP contribution in [-0.2, 0) is 21.2 Å². The summed E-state index contributed by atoms with van der Waals surface area (Å²) < 4.78 is 44.7. The minimum atomic E-state index is -3.62. The Hall–Kier alpha value is -2.45. The molecule has 0 aromatic heterocycles. The normalized spacial score (nSPS) is 11.2. The van der Waals surface area contributed by atoms with Crippen LogP contribution in [0.15, 0.2) is 41.3 Å². The van der Waals surface area contributed by atoms with E-state index in [-0.39, 0.29) is 23.0 Å². The molecule has 0 fully saturated rings. The zero-order chi connectivity index (χ0) is 18.6. The van der Waals surface area contributed by atoms with Gasteiger partial charge in [0.25, 0.3) is 0 Å². The van der Waals surface area contributed by atoms with Gasteiger partial charge in [-0.05, 0) is 49.4 Å². The van der Waals surface area contributed by atoms with Crippen molar-refractivity contribution >= 4 is 21.6 Å². The molecule has 134 valence electrons. The first kappa shape index (κ1) is 18.9. The van der Waals surface area contributed by atoms with Gasteiger partial charge in [-0.3, -0.25) is 4.79 Å². The van der Waals surface area contributed by atoms with Crippen molar-refractivity contribution in [3.8, 4) is 5.75 Å². The van der Waals surface area contributed by atoms with E-state index in [9.17, 15) is 17.6 Å². The molecule has 0 bridgehead atoms. The van der Waals surface area contributed by atoms with E-state index in [4.69, 9.17) is 4.74 Å². The number of carbonyl (C=O) groups is 1. The first-order chi connectivity index (χ1) is 11.8. The summed E-state index contributed by atoms with van der Waals surface area (Å²) in [7, 11) is -0.946. The number of sulfonamides is 1. The average Bonchev–Trinajstić information content (AvgIpc) is 2.56. The Morgan fingerprint density at radius 2 is 1.92 bits per heavy atom. The molecule has 0 saturated carbocycles. The van der Waals surface area contributed by atoms with E-state index in [0.29, 0.717) is 16.8 Å². The van der Waals surface area contributed by atoms with Crippen LogP contribution in [0, 0.1) is 12.7 Å². The van der Waals surface area contributed by atoms with Gasteiger partial charge in [-0.25, -0.2) is 17.5 Å². The molecule has 0 aliphatic rings. The number of halogens is 1. The quantitative estimate of drug-likeness (QED) is 0.821. The maximum atomic E-state index is 13.7. The van der Waals surface area contributed by atoms with Crippen LogP contribution in [0.25, 0.3) is 0 Å². The van der Waals surface area contributed by atoms with Crippen LogP contribution < -0.4 is 14.8 Å². The van der Waals surface area contributed by atoms with Crippen molar-refractivity contribution in [2.24, 2.45) is 0 Å². The van der Waals surface area contributed by atoms with Crippen molar-refractivity contribution in [1.29, 1.82) is 0 Å². The molecule has 0 unspecified atom stereocenters. The van der Waals surface area contributed by atoms with Crippen LogP contribution in [0.5, 0.6) is 5.75 Å². The number of ether oxygens (including phenoxy) is 1. The molecule has 2 N–H and O–H groups in total. The number of hydrogen-bond acceptors (Lipinski definition) is 4. The molecular formula is C17H19FN2O4S. The van der Waals surface area contributed by atoms with Gasteiger partial charge in [0.05, 0.1) is 18.4 Å². The van der Waals surface area contributed by atoms with E-state index in [2.05, 4.69) is 10.0 Å². The Bertz CT molecular complexity index is 898. The fourth-order valence-electron chi connectivity index (χ4n) is 2.29. The van der Waals surface area contributed by atoms with Gasteiger partial charge in [0.1, 0.15) is 0 Å². The van der Waals surface area contributed by atoms with Gasteiger partial charge >= 0.3 is 0 Å². The zero-order valence-corrected chi connectivity index (χ0v) is 14.9. The molecular weight excluding hydrogens is 347 g/mol. The molecule has 6 nitrogen and oxygen atoms in total. The van der Waals surface area contributed by atoms with Crippen LogP contribution in [-0.4, -0.2) is 28.5 Å². The third-order valence-corrected chi connectivity index (χ3v) is 5.17. The van der Waals surface area contributed by atoms with Crippen LogP contribution in [0.1, 0.15) is 11.1 Å². The SMILES string of the molecule is CNS(=O)(=O)c1cc(NC(=O)Cc2ccc(OC)c(F)c2)ccc1C. The molecule has 8 heteroatoms. The van der Waals surface area contributed by atoms with Crippen molar-refractivity contribution < 1.29 is 22.3 Å². The molecule has 0 atom stereocenters. The van der Waals surface area contributed by atoms with Crippen molar-refractivity contribution in [1.82, 2.24) is 4.72 Å². The summed E-state index contributed by atoms with van der Waals surface area (Å²) in [5.41, 5.74) is 1.38. The summed E-state index contributed by atoms with van der Waals surface area (Å²) in [5, 5.41) is 2.62. The maximum absolute atomic E-state index is 13.7. The van der Waals surface area contributed by atoms with Gasteiger partial charge in [0, 0.05) is 5.69 Å². The summed E-state index contributed by atoms with van der Waals surface area (Å²) >= 11 is 0. The number of anilines is 1. The summed E-state index contributed by atoms with van der Waals surface area (Å²) in [5.74, 6) is -0.837. The molecule has 0 heterocycles. The van der Waals surface area contributed by atoms with E-state index in [1.54, 1.807) is 25.1 Å². The molecule has 1 amide bonds. The molecule has 2 aromatic rings. The lowest BCUT2D eigenvalue weighted by Crippen LogP contribution is -2.20. The lowest BCUT2D eigenvalue weighted by atomic mass is 10.1. The number of nitrogens with one attached hydrogen (secondary N) is 2. The van der Waals surface area contributed by atoms with Gasteiger partial charge in [0.2, 0.25) is 15.9 Å². The smallest absolute Gasteiger partial charge is 0.240 e. The lowest BCUT2D eigenvalue weighted by molar-refractivity contribution is -0.115. The fraction of sp³-hybridized carbons (Fsp3) is 0.235. The lowest BCUT2D eigenvalue weighted by Gasteiger charge is -2.11. The highest BCUT2D eigenvalue weighted by molar-refractivity contribution is 7.89. The predicted molar refractivity (Wildman–Crippen MR) is 92.7 cm³/mol. The van der Waals surface area contributed by atoms with Crippen molar-refractivity contribution in [2.75, 3.05) is 19.5 Å². The Morgan fingerprint density at radius 3 is 2.52 bits per heavy atom. The highest BCUT2D eigenvalue weighted by Crippen LogP contribution is 2.21. The number of rotatable bonds is 6. The highest BCUT2D eigenvalue weighted by atomic mass is 32.2. The van der Waals surface area contributed by atoms with Crippen molar-refractivity contribution in [3.05, 3.63) is 53.3 Å². The van der Waals surface area contributed by atoms with E-state index < -0.39 is 15.8 Å². The number of methoxy groups -OCH3 is 1. The van der Waals surface area contributed by atoms with E-state index in [0.717, 1.165) is 0 Å². The van der Waals surface area contributed by atoms with Crippen LogP contribution in [0.3, 0.4) is 0 Å². The van der Waals surface area contributed by atoms with Crippen molar-refractivity contribution in [2.45, 2.75) is 18.2 Å². The summed E-state index contributed by atoms with van der Waals surface area (Å²) in [4.78, 5) is 12.2. The molecule has 25 heavy (non-hydrogen) atoms. The Morgan fingerprint density at radius 1 is 1.20 bits per heavy atom. The number of aryl methyl sites for hydroxylation is 1. The van der Waals surface area contributed by atoms with Gasteiger partial charge in [-0.1, -0.05) is 12.1 Å². The van der Waals surface area contributed by atoms with Crippen LogP contribution in [0.2, 0.25) is 0 Å². The molecule has 0 radical (unpaired) electrons. The number of amides is 1. The number of hydrogen-bond donors (Lipinski definition) is 2. The standard InChI is InChI=1S/C17H19FN2O4S/c1-11-4-6-13(10-16(11)25(22,23)19-2)20-17(21)9-12-5-7-15(24-3)14(18)8-12/h4-8,10,19H,9H2,1-3H3,(H,20,21). The predicted octanol–water partition coefficient (Wildman–Crippen LogP) is 2.23. The van der Waals surface area contributed by atoms with E-state index in [1.165, 1.54) is 32.4 Å². The summed E-state index contributed by atoms with van der Waals surface area (Å²) in [6, 6.07) is 8.86. The highest BCUT2D eigenvalue weighted by Gasteiger charge is 2.16. The van der Waals surface area contributed by atoms with Gasteiger partial charge in [-0.15, -0.1) is 0 Å². The molecule has 0 aliphatic heterocycles. The molecule has 2 rings (SSSR count). The first-order valence-electron chi connectivity index (χ1n) is 7.43. The second kappa shape index (κ2) is 7.62. The molecule has 0 aliphatic carbocycles. The minimum Gasteiger partial charge on any atom is -0.494 e. The monoisotopic (exact) mass is 366 g/mol. The van der Waals surface area contributed by atoms with Crippen molar-refractivity contribution in [3.63, 3.8) is 0 Å². The first-order valence-corrected chi connectivity index (χ1v) is 8.91. The van der Waals surface area contributed by atoms with Gasteiger partial charge in [0.15, 0.2) is 11.6 Å². The van der Waals surface area contributed by atoms with Crippen LogP contribution in [0.4, 0.5) is 10.1 Å². The third kappa shape index (κ3) is 4.55. The van der Waals surface area contributed by atoms with E-state index in [1.807, 2.05) is 0 Å². The minimum absolute atomic E-state index is 0.0527. The van der Waals surface area contributed by atoms with Gasteiger partial charge in [-0.2, -0.15) is 0 Å². The summed E-state index contributed by atoms with van der Waals surface area (Å²) in [6.45, 7) is 1.66. The topological polar surface area (TPSA) is 84.5 Å². The fourth-order valence-corrected chi connectivity index (χ4v) is 3.28. The Kier molecular flexibility index (Phi) is 5.76. The summed E-state index contributed by atoms with van der Waals surface area (Å²) in [6.07, 6.45) is -0.0527. The Labute approximate surface area is 146 Å². The number of benzene rings is 2. The molecule has 0 spiro atoms. The second-order valence-corrected chi connectivity index (χ2v) is 7.24. The largest absolute Gasteiger partial charge is 0.494 e. The molecule has 0 saturated heterocycles. The average molecular weight is 366 g/mol. The second-order valence-electron chi connectivity index (χ2n) is 5.38. The van der Waals surface area contributed by atoms with E-state index >= 15 is 0 Å². The van der Waals surface area contributed by atoms with Gasteiger partial charge < -0.3 is 10.1 Å². The zero-order valence-electron chi connectivity index (χ0n) is 14.1. The number of carbonyl (C=O) groups excluding carboxylic acids is 1. The van der Waals surface area contributed by atoms with Crippen LogP contribution >= 0.6 is 0 Å². The maximum Gasteiger partial charge on any atom is 0.240 e. The molecule has 2 aromatic carbocycles. The Balaban J connectivity index is 2.16.